The van der Waals surface area contributed by atoms with E-state index in [9.17, 15) is 9.59 Å². The van der Waals surface area contributed by atoms with Gasteiger partial charge in [0.25, 0.3) is 5.91 Å². The van der Waals surface area contributed by atoms with Gasteiger partial charge >= 0.3 is 0 Å². The third-order valence-corrected chi connectivity index (χ3v) is 3.96. The topological polar surface area (TPSA) is 53.2 Å². The van der Waals surface area contributed by atoms with Gasteiger partial charge in [0.15, 0.2) is 5.78 Å². The van der Waals surface area contributed by atoms with E-state index < -0.39 is 0 Å². The van der Waals surface area contributed by atoms with Crippen LogP contribution in [-0.4, -0.2) is 34.7 Å². The van der Waals surface area contributed by atoms with Crippen molar-refractivity contribution < 1.29 is 9.59 Å². The van der Waals surface area contributed by atoms with Crippen molar-refractivity contribution in [2.75, 3.05) is 13.1 Å². The fourth-order valence-corrected chi connectivity index (χ4v) is 2.81. The summed E-state index contributed by atoms with van der Waals surface area (Å²) in [6.07, 6.45) is 3.42. The number of Topliss-reactive ketones (excluding diaryl/α,β-unsaturated/α-hetero) is 1. The van der Waals surface area contributed by atoms with Gasteiger partial charge in [-0.2, -0.15) is 0 Å². The number of aryl methyl sites for hydroxylation is 1. The number of nitrogens with zero attached hydrogens (tertiary/aromatic N) is 1. The Kier molecular flexibility index (Phi) is 4.31. The van der Waals surface area contributed by atoms with Crippen molar-refractivity contribution >= 4 is 11.7 Å². The molecule has 0 saturated heterocycles. The van der Waals surface area contributed by atoms with Gasteiger partial charge in [-0.15, -0.1) is 0 Å². The summed E-state index contributed by atoms with van der Waals surface area (Å²) in [6, 6.07) is 0. The quantitative estimate of drug-likeness (QED) is 0.812. The molecule has 1 heterocycles. The van der Waals surface area contributed by atoms with Crippen LogP contribution < -0.4 is 0 Å². The van der Waals surface area contributed by atoms with Crippen molar-refractivity contribution in [2.24, 2.45) is 5.92 Å². The number of aromatic nitrogens is 1. The van der Waals surface area contributed by atoms with Crippen molar-refractivity contribution in [3.63, 3.8) is 0 Å². The van der Waals surface area contributed by atoms with Gasteiger partial charge < -0.3 is 9.88 Å². The van der Waals surface area contributed by atoms with Crippen LogP contribution in [0.3, 0.4) is 0 Å². The number of rotatable bonds is 6. The zero-order valence-corrected chi connectivity index (χ0v) is 12.9. The van der Waals surface area contributed by atoms with Crippen molar-refractivity contribution in [3.8, 4) is 0 Å². The number of hydrogen-bond donors (Lipinski definition) is 1. The third-order valence-electron chi connectivity index (χ3n) is 3.96. The van der Waals surface area contributed by atoms with Crippen molar-refractivity contribution in [1.29, 1.82) is 0 Å². The molecule has 2 rings (SSSR count). The fraction of sp³-hybridized carbons (Fsp3) is 0.625. The van der Waals surface area contributed by atoms with Gasteiger partial charge in [0.2, 0.25) is 0 Å². The van der Waals surface area contributed by atoms with E-state index in [0.29, 0.717) is 17.2 Å². The zero-order valence-electron chi connectivity index (χ0n) is 12.9. The highest BCUT2D eigenvalue weighted by Gasteiger charge is 2.29. The molecule has 0 bridgehead atoms. The molecule has 1 fully saturated rings. The normalized spacial score (nSPS) is 14.4. The molecule has 1 aromatic rings. The van der Waals surface area contributed by atoms with Crippen molar-refractivity contribution in [1.82, 2.24) is 9.88 Å². The molecule has 1 aromatic heterocycles. The Morgan fingerprint density at radius 1 is 1.30 bits per heavy atom. The molecular weight excluding hydrogens is 252 g/mol. The average molecular weight is 276 g/mol. The highest BCUT2D eigenvalue weighted by Crippen LogP contribution is 2.30. The molecule has 1 aliphatic carbocycles. The number of ketones is 1. The van der Waals surface area contributed by atoms with E-state index in [1.807, 2.05) is 18.7 Å². The monoisotopic (exact) mass is 276 g/mol. The lowest BCUT2D eigenvalue weighted by molar-refractivity contribution is 0.0741. The molecule has 4 nitrogen and oxygen atoms in total. The fourth-order valence-electron chi connectivity index (χ4n) is 2.81. The first-order valence-corrected chi connectivity index (χ1v) is 7.45. The molecule has 1 aliphatic rings. The lowest BCUT2D eigenvalue weighted by atomic mass is 10.1. The Labute approximate surface area is 120 Å². The molecular formula is C16H24N2O2. The number of hydrogen-bond acceptors (Lipinski definition) is 2. The Hall–Kier alpha value is -1.58. The highest BCUT2D eigenvalue weighted by molar-refractivity contribution is 6.02. The van der Waals surface area contributed by atoms with E-state index in [1.165, 1.54) is 12.8 Å². The SMILES string of the molecule is CCCN(CC1CC1)C(=O)c1[nH]c(C)c(C(C)=O)c1C. The van der Waals surface area contributed by atoms with E-state index in [-0.39, 0.29) is 11.7 Å². The maximum Gasteiger partial charge on any atom is 0.270 e. The van der Waals surface area contributed by atoms with Gasteiger partial charge in [0.05, 0.1) is 0 Å². The first-order chi connectivity index (χ1) is 9.45. The van der Waals surface area contributed by atoms with Crippen LogP contribution >= 0.6 is 0 Å². The Morgan fingerprint density at radius 3 is 2.40 bits per heavy atom. The number of H-pyrrole nitrogens is 1. The third kappa shape index (κ3) is 2.94. The van der Waals surface area contributed by atoms with Crippen LogP contribution in [0.5, 0.6) is 0 Å². The maximum atomic E-state index is 12.7. The van der Waals surface area contributed by atoms with Gasteiger partial charge in [0.1, 0.15) is 5.69 Å². The smallest absolute Gasteiger partial charge is 0.270 e. The van der Waals surface area contributed by atoms with E-state index in [0.717, 1.165) is 30.8 Å². The van der Waals surface area contributed by atoms with Crippen LogP contribution in [0.1, 0.15) is 65.2 Å². The molecule has 4 heteroatoms. The van der Waals surface area contributed by atoms with Crippen LogP contribution in [-0.2, 0) is 0 Å². The zero-order chi connectivity index (χ0) is 14.9. The minimum atomic E-state index is 0.0135. The number of amides is 1. The minimum absolute atomic E-state index is 0.0135. The summed E-state index contributed by atoms with van der Waals surface area (Å²) >= 11 is 0. The summed E-state index contributed by atoms with van der Waals surface area (Å²) in [5, 5.41) is 0. The second-order valence-electron chi connectivity index (χ2n) is 5.88. The predicted octanol–water partition coefficient (Wildman–Crippen LogP) is 3.10. The van der Waals surface area contributed by atoms with E-state index in [2.05, 4.69) is 11.9 Å². The van der Waals surface area contributed by atoms with Gasteiger partial charge in [-0.3, -0.25) is 9.59 Å². The maximum absolute atomic E-state index is 12.7. The van der Waals surface area contributed by atoms with Gasteiger partial charge in [-0.05, 0) is 51.5 Å². The van der Waals surface area contributed by atoms with E-state index >= 15 is 0 Å². The molecule has 0 aliphatic heterocycles. The van der Waals surface area contributed by atoms with Crippen molar-refractivity contribution in [2.45, 2.75) is 47.0 Å². The lowest BCUT2D eigenvalue weighted by Gasteiger charge is -2.21. The summed E-state index contributed by atoms with van der Waals surface area (Å²) < 4.78 is 0. The first-order valence-electron chi connectivity index (χ1n) is 7.45. The molecule has 0 atom stereocenters. The molecule has 0 spiro atoms. The Morgan fingerprint density at radius 2 is 1.95 bits per heavy atom. The summed E-state index contributed by atoms with van der Waals surface area (Å²) in [5.41, 5.74) is 2.83. The molecule has 110 valence electrons. The van der Waals surface area contributed by atoms with Crippen LogP contribution in [0, 0.1) is 19.8 Å². The molecule has 0 unspecified atom stereocenters. The van der Waals surface area contributed by atoms with Gasteiger partial charge in [-0.1, -0.05) is 6.92 Å². The van der Waals surface area contributed by atoms with Crippen LogP contribution in [0.4, 0.5) is 0 Å². The Bertz CT molecular complexity index is 527. The van der Waals surface area contributed by atoms with Gasteiger partial charge in [0, 0.05) is 24.3 Å². The standard InChI is InChI=1S/C16H24N2O2/c1-5-8-18(9-13-6-7-13)16(20)15-10(2)14(12(4)19)11(3)17-15/h13,17H,5-9H2,1-4H3. The predicted molar refractivity (Wildman–Crippen MR) is 79.2 cm³/mol. The molecule has 1 N–H and O–H groups in total. The second kappa shape index (κ2) is 5.81. The second-order valence-corrected chi connectivity index (χ2v) is 5.88. The molecule has 0 radical (unpaired) electrons. The Balaban J connectivity index is 2.26. The van der Waals surface area contributed by atoms with Crippen LogP contribution in [0.15, 0.2) is 0 Å². The summed E-state index contributed by atoms with van der Waals surface area (Å²) in [4.78, 5) is 29.4. The van der Waals surface area contributed by atoms with Crippen LogP contribution in [0.2, 0.25) is 0 Å². The first kappa shape index (κ1) is 14.8. The van der Waals surface area contributed by atoms with Crippen LogP contribution in [0.25, 0.3) is 0 Å². The average Bonchev–Trinajstić information content (AvgIpc) is 3.13. The number of nitrogens with one attached hydrogen (secondary N) is 1. The van der Waals surface area contributed by atoms with E-state index in [1.54, 1.807) is 6.92 Å². The number of aromatic amines is 1. The molecule has 20 heavy (non-hydrogen) atoms. The number of carbonyl (C=O) groups excluding carboxylic acids is 2. The lowest BCUT2D eigenvalue weighted by Crippen LogP contribution is -2.34. The molecule has 0 aromatic carbocycles. The van der Waals surface area contributed by atoms with Crippen molar-refractivity contribution in [3.05, 3.63) is 22.5 Å². The van der Waals surface area contributed by atoms with E-state index in [4.69, 9.17) is 0 Å². The summed E-state index contributed by atoms with van der Waals surface area (Å²) in [6.45, 7) is 8.97. The minimum Gasteiger partial charge on any atom is -0.354 e. The summed E-state index contributed by atoms with van der Waals surface area (Å²) in [7, 11) is 0. The van der Waals surface area contributed by atoms with Gasteiger partial charge in [-0.25, -0.2) is 0 Å². The molecule has 1 amide bonds. The summed E-state index contributed by atoms with van der Waals surface area (Å²) in [5.74, 6) is 0.723. The number of carbonyl (C=O) groups is 2. The highest BCUT2D eigenvalue weighted by atomic mass is 16.2. The molecule has 1 saturated carbocycles. The largest absolute Gasteiger partial charge is 0.354 e.